The Morgan fingerprint density at radius 1 is 1.16 bits per heavy atom. The predicted molar refractivity (Wildman–Crippen MR) is 92.4 cm³/mol. The van der Waals surface area contributed by atoms with Gasteiger partial charge in [-0.15, -0.1) is 0 Å². The van der Waals surface area contributed by atoms with Crippen LogP contribution in [0.4, 0.5) is 0 Å². The lowest BCUT2D eigenvalue weighted by Crippen LogP contribution is -2.54. The van der Waals surface area contributed by atoms with Crippen LogP contribution >= 0.6 is 0 Å². The minimum absolute atomic E-state index is 0.110. The van der Waals surface area contributed by atoms with Crippen molar-refractivity contribution in [2.75, 3.05) is 52.5 Å². The third kappa shape index (κ3) is 7.66. The summed E-state index contributed by atoms with van der Waals surface area (Å²) in [6.07, 6.45) is -0.549. The Kier molecular flexibility index (Phi) is 9.30. The van der Waals surface area contributed by atoms with Crippen molar-refractivity contribution in [2.45, 2.75) is 32.8 Å². The van der Waals surface area contributed by atoms with E-state index in [1.165, 1.54) is 0 Å². The van der Waals surface area contributed by atoms with Gasteiger partial charge in [-0.1, -0.05) is 13.8 Å². The van der Waals surface area contributed by atoms with Crippen LogP contribution in [0.1, 0.15) is 26.7 Å². The van der Waals surface area contributed by atoms with Crippen molar-refractivity contribution in [1.29, 1.82) is 0 Å². The van der Waals surface area contributed by atoms with Gasteiger partial charge in [-0.2, -0.15) is 0 Å². The van der Waals surface area contributed by atoms with E-state index >= 15 is 0 Å². The number of carbonyl (C=O) groups excluding carboxylic acids is 2. The van der Waals surface area contributed by atoms with Gasteiger partial charge >= 0.3 is 0 Å². The van der Waals surface area contributed by atoms with Crippen LogP contribution in [0.25, 0.3) is 0 Å². The molecule has 9 heteroatoms. The first-order valence-electron chi connectivity index (χ1n) is 8.74. The van der Waals surface area contributed by atoms with Gasteiger partial charge in [-0.3, -0.25) is 19.9 Å². The molecule has 1 aliphatic heterocycles. The second-order valence-corrected chi connectivity index (χ2v) is 7.03. The number of aliphatic hydroxyl groups excluding tert-OH is 3. The van der Waals surface area contributed by atoms with Crippen LogP contribution in [0.2, 0.25) is 0 Å². The van der Waals surface area contributed by atoms with Crippen molar-refractivity contribution >= 4 is 11.8 Å². The predicted octanol–water partition coefficient (Wildman–Crippen LogP) is -2.10. The maximum Gasteiger partial charge on any atom is 0.249 e. The Bertz CT molecular complexity index is 425. The van der Waals surface area contributed by atoms with E-state index < -0.39 is 17.4 Å². The Morgan fingerprint density at radius 3 is 2.36 bits per heavy atom. The molecule has 0 radical (unpaired) electrons. The Labute approximate surface area is 149 Å². The number of hydrogen-bond donors (Lipinski definition) is 5. The number of rotatable bonds is 10. The van der Waals surface area contributed by atoms with Gasteiger partial charge in [0.2, 0.25) is 11.8 Å². The second kappa shape index (κ2) is 10.7. The molecule has 0 saturated carbocycles. The largest absolute Gasteiger partial charge is 0.396 e. The van der Waals surface area contributed by atoms with E-state index in [-0.39, 0.29) is 32.1 Å². The lowest BCUT2D eigenvalue weighted by atomic mass is 9.87. The molecule has 0 spiro atoms. The monoisotopic (exact) mass is 360 g/mol. The molecule has 1 heterocycles. The molecular weight excluding hydrogens is 328 g/mol. The van der Waals surface area contributed by atoms with Gasteiger partial charge < -0.3 is 20.6 Å². The fourth-order valence-electron chi connectivity index (χ4n) is 2.46. The molecule has 0 bridgehead atoms. The first kappa shape index (κ1) is 21.8. The zero-order valence-corrected chi connectivity index (χ0v) is 15.2. The number of hydrazine groups is 1. The first-order valence-corrected chi connectivity index (χ1v) is 8.74. The van der Waals surface area contributed by atoms with E-state index in [0.29, 0.717) is 26.1 Å². The summed E-state index contributed by atoms with van der Waals surface area (Å²) < 4.78 is 0. The van der Waals surface area contributed by atoms with Gasteiger partial charge in [0, 0.05) is 51.1 Å². The summed E-state index contributed by atoms with van der Waals surface area (Å²) in [5.41, 5.74) is 1.93. The summed E-state index contributed by atoms with van der Waals surface area (Å²) in [6.45, 7) is 7.02. The molecule has 0 aliphatic carbocycles. The van der Waals surface area contributed by atoms with Crippen molar-refractivity contribution in [1.82, 2.24) is 20.7 Å². The van der Waals surface area contributed by atoms with Gasteiger partial charge in [0.25, 0.3) is 0 Å². The van der Waals surface area contributed by atoms with Crippen molar-refractivity contribution in [3.8, 4) is 0 Å². The van der Waals surface area contributed by atoms with Gasteiger partial charge in [0.15, 0.2) is 0 Å². The summed E-state index contributed by atoms with van der Waals surface area (Å²) >= 11 is 0. The highest BCUT2D eigenvalue weighted by Crippen LogP contribution is 2.19. The molecule has 2 amide bonds. The van der Waals surface area contributed by atoms with E-state index in [2.05, 4.69) is 15.6 Å². The summed E-state index contributed by atoms with van der Waals surface area (Å²) in [6, 6.07) is 0. The van der Waals surface area contributed by atoms with Crippen molar-refractivity contribution < 1.29 is 24.9 Å². The normalized spacial score (nSPS) is 18.0. The minimum atomic E-state index is -1.29. The lowest BCUT2D eigenvalue weighted by Gasteiger charge is -2.34. The van der Waals surface area contributed by atoms with Crippen LogP contribution in [0.15, 0.2) is 0 Å². The molecular formula is C16H32N4O5. The number of nitrogens with zero attached hydrogens (tertiary/aromatic N) is 2. The quantitative estimate of drug-likeness (QED) is 0.283. The summed E-state index contributed by atoms with van der Waals surface area (Å²) in [7, 11) is 0. The number of carbonyl (C=O) groups is 2. The summed E-state index contributed by atoms with van der Waals surface area (Å²) in [5, 5.41) is 32.3. The van der Waals surface area contributed by atoms with Gasteiger partial charge in [0.05, 0.1) is 13.2 Å². The molecule has 1 aliphatic rings. The molecule has 0 aromatic carbocycles. The van der Waals surface area contributed by atoms with Gasteiger partial charge in [-0.05, 0) is 6.42 Å². The van der Waals surface area contributed by atoms with E-state index in [1.54, 1.807) is 13.8 Å². The number of hydrogen-bond acceptors (Lipinski definition) is 7. The summed E-state index contributed by atoms with van der Waals surface area (Å²) in [4.78, 5) is 25.8. The molecule has 0 aromatic rings. The van der Waals surface area contributed by atoms with Crippen molar-refractivity contribution in [3.05, 3.63) is 0 Å². The third-order valence-electron chi connectivity index (χ3n) is 4.35. The molecule has 0 aromatic heterocycles. The SMILES string of the molecule is CC(C)(CO)[C@@H](O)C(=O)NCCCC(=O)NN1CCN(CCO)CC1. The van der Waals surface area contributed by atoms with Crippen molar-refractivity contribution in [2.24, 2.45) is 5.41 Å². The van der Waals surface area contributed by atoms with Crippen LogP contribution in [0.5, 0.6) is 0 Å². The van der Waals surface area contributed by atoms with Crippen LogP contribution < -0.4 is 10.7 Å². The molecule has 1 rings (SSSR count). The van der Waals surface area contributed by atoms with E-state index in [9.17, 15) is 14.7 Å². The fourth-order valence-corrected chi connectivity index (χ4v) is 2.46. The van der Waals surface area contributed by atoms with Crippen LogP contribution in [-0.2, 0) is 9.59 Å². The highest BCUT2D eigenvalue weighted by Gasteiger charge is 2.32. The topological polar surface area (TPSA) is 125 Å². The van der Waals surface area contributed by atoms with Crippen LogP contribution in [0, 0.1) is 5.41 Å². The average molecular weight is 360 g/mol. The van der Waals surface area contributed by atoms with Gasteiger partial charge in [-0.25, -0.2) is 5.01 Å². The van der Waals surface area contributed by atoms with Gasteiger partial charge in [0.1, 0.15) is 6.10 Å². The average Bonchev–Trinajstić information content (AvgIpc) is 2.59. The highest BCUT2D eigenvalue weighted by atomic mass is 16.3. The van der Waals surface area contributed by atoms with E-state index in [0.717, 1.165) is 13.1 Å². The maximum absolute atomic E-state index is 11.9. The molecule has 5 N–H and O–H groups in total. The van der Waals surface area contributed by atoms with Crippen LogP contribution in [0.3, 0.4) is 0 Å². The molecule has 0 unspecified atom stereocenters. The number of aliphatic hydroxyl groups is 3. The smallest absolute Gasteiger partial charge is 0.249 e. The Morgan fingerprint density at radius 2 is 1.80 bits per heavy atom. The number of β-amino-alcohol motifs (C(OH)–C–C–N with tert-alkyl or cyclic N) is 1. The standard InChI is InChI=1S/C16H32N4O5/c1-16(2,12-22)14(24)15(25)17-5-3-4-13(23)18-20-8-6-19(7-9-20)10-11-21/h14,21-22,24H,3-12H2,1-2H3,(H,17,25)(H,18,23)/t14-/m0/s1. The Hall–Kier alpha value is -1.26. The zero-order chi connectivity index (χ0) is 18.9. The second-order valence-electron chi connectivity index (χ2n) is 7.03. The van der Waals surface area contributed by atoms with Crippen LogP contribution in [-0.4, -0.2) is 95.6 Å². The minimum Gasteiger partial charge on any atom is -0.396 e. The fraction of sp³-hybridized carbons (Fsp3) is 0.875. The maximum atomic E-state index is 11.9. The van der Waals surface area contributed by atoms with E-state index in [4.69, 9.17) is 10.2 Å². The molecule has 146 valence electrons. The zero-order valence-electron chi connectivity index (χ0n) is 15.2. The van der Waals surface area contributed by atoms with E-state index in [1.807, 2.05) is 5.01 Å². The highest BCUT2D eigenvalue weighted by molar-refractivity contribution is 5.81. The number of nitrogens with one attached hydrogen (secondary N) is 2. The van der Waals surface area contributed by atoms with Crippen molar-refractivity contribution in [3.63, 3.8) is 0 Å². The molecule has 9 nitrogen and oxygen atoms in total. The Balaban J connectivity index is 2.16. The number of piperazine rings is 1. The first-order chi connectivity index (χ1) is 11.8. The molecule has 1 fully saturated rings. The third-order valence-corrected chi connectivity index (χ3v) is 4.35. The molecule has 1 saturated heterocycles. The number of amides is 2. The molecule has 25 heavy (non-hydrogen) atoms. The summed E-state index contributed by atoms with van der Waals surface area (Å²) in [5.74, 6) is -0.652. The molecule has 1 atom stereocenters. The lowest BCUT2D eigenvalue weighted by molar-refractivity contribution is -0.137.